The van der Waals surface area contributed by atoms with Crippen molar-refractivity contribution in [2.24, 2.45) is 0 Å². The number of rotatable bonds is 5. The van der Waals surface area contributed by atoms with Crippen LogP contribution in [0.5, 0.6) is 0 Å². The molecule has 1 saturated heterocycles. The van der Waals surface area contributed by atoms with Crippen LogP contribution in [0.25, 0.3) is 0 Å². The van der Waals surface area contributed by atoms with Crippen LogP contribution in [-0.2, 0) is 0 Å². The molecule has 2 nitrogen and oxygen atoms in total. The van der Waals surface area contributed by atoms with Gasteiger partial charge in [-0.3, -0.25) is 0 Å². The van der Waals surface area contributed by atoms with Crippen molar-refractivity contribution in [3.63, 3.8) is 0 Å². The molecule has 0 aliphatic carbocycles. The van der Waals surface area contributed by atoms with Gasteiger partial charge in [-0.05, 0) is 19.4 Å². The van der Waals surface area contributed by atoms with Gasteiger partial charge in [-0.1, -0.05) is 0 Å². The minimum absolute atomic E-state index is 0.334. The van der Waals surface area contributed by atoms with Crippen LogP contribution in [0.2, 0.25) is 0 Å². The molecule has 3 heteroatoms. The second-order valence-electron chi connectivity index (χ2n) is 2.62. The Labute approximate surface area is 66.4 Å². The Bertz CT molecular complexity index is 85.7. The number of aliphatic hydroxyl groups excluding tert-OH is 1. The molecular weight excluding hydrogens is 146 g/mol. The van der Waals surface area contributed by atoms with E-state index in [0.717, 1.165) is 25.4 Å². The van der Waals surface area contributed by atoms with Gasteiger partial charge in [-0.15, -0.1) is 0 Å². The molecule has 1 aliphatic heterocycles. The van der Waals surface area contributed by atoms with Crippen molar-refractivity contribution >= 4 is 11.8 Å². The molecule has 0 unspecified atom stereocenters. The van der Waals surface area contributed by atoms with Crippen molar-refractivity contribution in [2.75, 3.05) is 24.7 Å². The maximum Gasteiger partial charge on any atom is 0.0431 e. The Morgan fingerprint density at radius 3 is 2.70 bits per heavy atom. The Morgan fingerprint density at radius 2 is 2.20 bits per heavy atom. The summed E-state index contributed by atoms with van der Waals surface area (Å²) in [7, 11) is 0. The van der Waals surface area contributed by atoms with E-state index < -0.39 is 0 Å². The topological polar surface area (TPSA) is 32.3 Å². The van der Waals surface area contributed by atoms with Gasteiger partial charge in [0.25, 0.3) is 0 Å². The summed E-state index contributed by atoms with van der Waals surface area (Å²) in [5.74, 6) is 2.55. The van der Waals surface area contributed by atoms with Crippen LogP contribution in [0.4, 0.5) is 0 Å². The van der Waals surface area contributed by atoms with Crippen LogP contribution in [0.3, 0.4) is 0 Å². The molecule has 1 heterocycles. The van der Waals surface area contributed by atoms with E-state index in [1.54, 1.807) is 0 Å². The third-order valence-corrected chi connectivity index (χ3v) is 2.93. The van der Waals surface area contributed by atoms with E-state index >= 15 is 0 Å². The summed E-state index contributed by atoms with van der Waals surface area (Å²) in [5, 5.41) is 11.9. The Kier molecular flexibility index (Phi) is 4.18. The van der Waals surface area contributed by atoms with Crippen molar-refractivity contribution in [1.29, 1.82) is 0 Å². The lowest BCUT2D eigenvalue weighted by molar-refractivity contribution is 0.283. The Hall–Kier alpha value is 0.270. The fraction of sp³-hybridized carbons (Fsp3) is 1.00. The highest BCUT2D eigenvalue weighted by Gasteiger charge is 2.15. The summed E-state index contributed by atoms with van der Waals surface area (Å²) >= 11 is 2.00. The highest BCUT2D eigenvalue weighted by atomic mass is 32.2. The van der Waals surface area contributed by atoms with Crippen LogP contribution in [0, 0.1) is 0 Å². The van der Waals surface area contributed by atoms with Crippen molar-refractivity contribution < 1.29 is 5.11 Å². The molecule has 1 fully saturated rings. The number of hydrogen-bond donors (Lipinski definition) is 2. The normalized spacial score (nSPS) is 18.9. The predicted molar refractivity (Wildman–Crippen MR) is 45.4 cm³/mol. The van der Waals surface area contributed by atoms with Gasteiger partial charge in [-0.25, -0.2) is 0 Å². The van der Waals surface area contributed by atoms with Gasteiger partial charge in [0.1, 0.15) is 0 Å². The lowest BCUT2D eigenvalue weighted by atomic mass is 10.3. The molecule has 2 N–H and O–H groups in total. The lowest BCUT2D eigenvalue weighted by Gasteiger charge is -2.25. The van der Waals surface area contributed by atoms with Crippen molar-refractivity contribution in [2.45, 2.75) is 18.9 Å². The lowest BCUT2D eigenvalue weighted by Crippen LogP contribution is -2.40. The van der Waals surface area contributed by atoms with Crippen molar-refractivity contribution in [3.8, 4) is 0 Å². The summed E-state index contributed by atoms with van der Waals surface area (Å²) in [5.41, 5.74) is 0. The molecule has 60 valence electrons. The minimum atomic E-state index is 0.334. The van der Waals surface area contributed by atoms with E-state index in [1.165, 1.54) is 11.5 Å². The number of hydrogen-bond acceptors (Lipinski definition) is 3. The first-order valence-electron chi connectivity index (χ1n) is 3.85. The molecular formula is C7H15NOS. The van der Waals surface area contributed by atoms with E-state index in [2.05, 4.69) is 5.32 Å². The van der Waals surface area contributed by atoms with E-state index in [9.17, 15) is 0 Å². The smallest absolute Gasteiger partial charge is 0.0431 e. The second-order valence-corrected chi connectivity index (χ2v) is 3.69. The fourth-order valence-electron chi connectivity index (χ4n) is 0.897. The third-order valence-electron chi connectivity index (χ3n) is 1.66. The van der Waals surface area contributed by atoms with E-state index in [0.29, 0.717) is 6.61 Å². The molecule has 1 rings (SSSR count). The quantitative estimate of drug-likeness (QED) is 0.575. The van der Waals surface area contributed by atoms with E-state index in [-0.39, 0.29) is 0 Å². The standard InChI is InChI=1S/C7H15NOS/c9-4-2-1-3-8-7-5-10-6-7/h7-9H,1-6H2. The average Bonchev–Trinajstić information content (AvgIpc) is 1.84. The van der Waals surface area contributed by atoms with Crippen molar-refractivity contribution in [3.05, 3.63) is 0 Å². The summed E-state index contributed by atoms with van der Waals surface area (Å²) in [6.07, 6.45) is 2.05. The highest BCUT2D eigenvalue weighted by Crippen LogP contribution is 2.16. The molecule has 0 saturated carbocycles. The zero-order chi connectivity index (χ0) is 7.23. The molecule has 0 amide bonds. The average molecular weight is 161 g/mol. The summed E-state index contributed by atoms with van der Waals surface area (Å²) in [4.78, 5) is 0. The van der Waals surface area contributed by atoms with Gasteiger partial charge >= 0.3 is 0 Å². The van der Waals surface area contributed by atoms with Crippen LogP contribution in [0.15, 0.2) is 0 Å². The first-order valence-corrected chi connectivity index (χ1v) is 5.01. The van der Waals surface area contributed by atoms with Crippen molar-refractivity contribution in [1.82, 2.24) is 5.32 Å². The van der Waals surface area contributed by atoms with E-state index in [1.807, 2.05) is 11.8 Å². The molecule has 1 aliphatic rings. The first-order chi connectivity index (χ1) is 4.93. The molecule has 0 spiro atoms. The summed E-state index contributed by atoms with van der Waals surface area (Å²) < 4.78 is 0. The molecule has 10 heavy (non-hydrogen) atoms. The highest BCUT2D eigenvalue weighted by molar-refractivity contribution is 8.00. The monoisotopic (exact) mass is 161 g/mol. The van der Waals surface area contributed by atoms with Gasteiger partial charge in [0.15, 0.2) is 0 Å². The molecule has 0 aromatic carbocycles. The van der Waals surface area contributed by atoms with Crippen LogP contribution >= 0.6 is 11.8 Å². The Morgan fingerprint density at radius 1 is 1.40 bits per heavy atom. The molecule has 0 aromatic rings. The zero-order valence-electron chi connectivity index (χ0n) is 6.18. The number of nitrogens with one attached hydrogen (secondary N) is 1. The van der Waals surface area contributed by atoms with Crippen LogP contribution in [-0.4, -0.2) is 35.8 Å². The molecule has 0 radical (unpaired) electrons. The zero-order valence-corrected chi connectivity index (χ0v) is 6.99. The van der Waals surface area contributed by atoms with Gasteiger partial charge in [-0.2, -0.15) is 11.8 Å². The van der Waals surface area contributed by atoms with Gasteiger partial charge < -0.3 is 10.4 Å². The number of aliphatic hydroxyl groups is 1. The molecule has 0 atom stereocenters. The maximum atomic E-state index is 8.47. The van der Waals surface area contributed by atoms with Gasteiger partial charge in [0.2, 0.25) is 0 Å². The third kappa shape index (κ3) is 2.90. The fourth-order valence-corrected chi connectivity index (χ4v) is 1.60. The number of unbranched alkanes of at least 4 members (excludes halogenated alkanes) is 1. The van der Waals surface area contributed by atoms with Crippen LogP contribution < -0.4 is 5.32 Å². The largest absolute Gasteiger partial charge is 0.396 e. The Balaban J connectivity index is 1.76. The maximum absolute atomic E-state index is 8.47. The molecule has 0 aromatic heterocycles. The number of thioether (sulfide) groups is 1. The SMILES string of the molecule is OCCCCNC1CSC1. The minimum Gasteiger partial charge on any atom is -0.396 e. The molecule has 0 bridgehead atoms. The second kappa shape index (κ2) is 4.99. The van der Waals surface area contributed by atoms with E-state index in [4.69, 9.17) is 5.11 Å². The first kappa shape index (κ1) is 8.37. The van der Waals surface area contributed by atoms with Crippen LogP contribution in [0.1, 0.15) is 12.8 Å². The van der Waals surface area contributed by atoms with Gasteiger partial charge in [0.05, 0.1) is 0 Å². The summed E-state index contributed by atoms with van der Waals surface area (Å²) in [6, 6.07) is 0.767. The van der Waals surface area contributed by atoms with Gasteiger partial charge in [0, 0.05) is 24.2 Å². The predicted octanol–water partition coefficient (Wildman–Crippen LogP) is 0.464. The summed E-state index contributed by atoms with van der Waals surface area (Å²) in [6.45, 7) is 1.41.